The van der Waals surface area contributed by atoms with E-state index in [1.54, 1.807) is 7.11 Å². The number of hydrogen-bond acceptors (Lipinski definition) is 5. The molecule has 1 aliphatic heterocycles. The average Bonchev–Trinajstić information content (AvgIpc) is 3.52. The van der Waals surface area contributed by atoms with E-state index in [9.17, 15) is 4.79 Å². The fourth-order valence-electron chi connectivity index (χ4n) is 3.08. The van der Waals surface area contributed by atoms with E-state index < -0.39 is 6.29 Å². The highest BCUT2D eigenvalue weighted by Crippen LogP contribution is 2.42. The van der Waals surface area contributed by atoms with Crippen LogP contribution in [-0.2, 0) is 32.2 Å². The SMILES string of the molecule is COCCNC(=O)C1=C[C@@H](C2CC2)C[C@@H](OCc2ccc(CO)cc2)O1. The van der Waals surface area contributed by atoms with Gasteiger partial charge >= 0.3 is 0 Å². The summed E-state index contributed by atoms with van der Waals surface area (Å²) in [6.45, 7) is 1.36. The number of carbonyl (C=O) groups is 1. The zero-order valence-corrected chi connectivity index (χ0v) is 15.1. The van der Waals surface area contributed by atoms with Gasteiger partial charge in [-0.2, -0.15) is 0 Å². The van der Waals surface area contributed by atoms with Gasteiger partial charge in [-0.3, -0.25) is 4.79 Å². The molecule has 1 aliphatic carbocycles. The van der Waals surface area contributed by atoms with Gasteiger partial charge in [0.05, 0.1) is 19.8 Å². The van der Waals surface area contributed by atoms with Crippen LogP contribution in [0.25, 0.3) is 0 Å². The third kappa shape index (κ3) is 5.30. The molecule has 2 aliphatic rings. The Labute approximate surface area is 154 Å². The molecule has 0 aromatic heterocycles. The number of aliphatic hydroxyl groups excluding tert-OH is 1. The van der Waals surface area contributed by atoms with Crippen LogP contribution in [0.4, 0.5) is 0 Å². The Bertz CT molecular complexity index is 624. The lowest BCUT2D eigenvalue weighted by Gasteiger charge is -2.29. The lowest BCUT2D eigenvalue weighted by atomic mass is 9.96. The highest BCUT2D eigenvalue weighted by Gasteiger charge is 2.37. The maximum Gasteiger partial charge on any atom is 0.286 e. The van der Waals surface area contributed by atoms with Crippen LogP contribution in [-0.4, -0.2) is 37.6 Å². The number of ether oxygens (including phenoxy) is 3. The molecule has 26 heavy (non-hydrogen) atoms. The van der Waals surface area contributed by atoms with Crippen LogP contribution in [0.1, 0.15) is 30.4 Å². The fraction of sp³-hybridized carbons (Fsp3) is 0.550. The number of nitrogens with one attached hydrogen (secondary N) is 1. The maximum atomic E-state index is 12.3. The molecule has 0 saturated heterocycles. The Morgan fingerprint density at radius 2 is 2.00 bits per heavy atom. The first-order chi connectivity index (χ1) is 12.7. The summed E-state index contributed by atoms with van der Waals surface area (Å²) in [5.74, 6) is 1.10. The van der Waals surface area contributed by atoms with Crippen molar-refractivity contribution in [3.8, 4) is 0 Å². The van der Waals surface area contributed by atoms with Gasteiger partial charge in [0.15, 0.2) is 5.76 Å². The molecule has 2 N–H and O–H groups in total. The summed E-state index contributed by atoms with van der Waals surface area (Å²) < 4.78 is 16.7. The van der Waals surface area contributed by atoms with Crippen molar-refractivity contribution in [2.24, 2.45) is 11.8 Å². The van der Waals surface area contributed by atoms with Gasteiger partial charge < -0.3 is 24.6 Å². The molecule has 1 aromatic carbocycles. The van der Waals surface area contributed by atoms with Gasteiger partial charge in [0.1, 0.15) is 0 Å². The van der Waals surface area contributed by atoms with Crippen LogP contribution in [0.15, 0.2) is 36.1 Å². The summed E-state index contributed by atoms with van der Waals surface area (Å²) in [7, 11) is 1.60. The molecule has 1 heterocycles. The number of hydrogen-bond donors (Lipinski definition) is 2. The van der Waals surface area contributed by atoms with Gasteiger partial charge in [0.2, 0.25) is 6.29 Å². The number of aliphatic hydroxyl groups is 1. The smallest absolute Gasteiger partial charge is 0.286 e. The van der Waals surface area contributed by atoms with E-state index in [2.05, 4.69) is 5.32 Å². The van der Waals surface area contributed by atoms with Crippen LogP contribution >= 0.6 is 0 Å². The number of carbonyl (C=O) groups excluding carboxylic acids is 1. The Morgan fingerprint density at radius 3 is 2.65 bits per heavy atom. The monoisotopic (exact) mass is 361 g/mol. The molecule has 0 unspecified atom stereocenters. The van der Waals surface area contributed by atoms with E-state index in [0.717, 1.165) is 17.5 Å². The van der Waals surface area contributed by atoms with Gasteiger partial charge in [-0.05, 0) is 41.9 Å². The number of methoxy groups -OCH3 is 1. The second-order valence-electron chi connectivity index (χ2n) is 6.85. The Morgan fingerprint density at radius 1 is 1.27 bits per heavy atom. The van der Waals surface area contributed by atoms with Crippen molar-refractivity contribution in [1.29, 1.82) is 0 Å². The number of rotatable bonds is 9. The van der Waals surface area contributed by atoms with Crippen molar-refractivity contribution in [2.45, 2.75) is 38.8 Å². The largest absolute Gasteiger partial charge is 0.459 e. The summed E-state index contributed by atoms with van der Waals surface area (Å²) >= 11 is 0. The predicted molar refractivity (Wildman–Crippen MR) is 95.8 cm³/mol. The average molecular weight is 361 g/mol. The van der Waals surface area contributed by atoms with E-state index in [0.29, 0.717) is 37.4 Å². The molecule has 3 rings (SSSR count). The van der Waals surface area contributed by atoms with Gasteiger partial charge in [-0.25, -0.2) is 0 Å². The quantitative estimate of drug-likeness (QED) is 0.659. The van der Waals surface area contributed by atoms with E-state index in [4.69, 9.17) is 19.3 Å². The van der Waals surface area contributed by atoms with Gasteiger partial charge in [0, 0.05) is 20.1 Å². The van der Waals surface area contributed by atoms with Crippen molar-refractivity contribution in [1.82, 2.24) is 5.32 Å². The van der Waals surface area contributed by atoms with Crippen molar-refractivity contribution in [2.75, 3.05) is 20.3 Å². The minimum absolute atomic E-state index is 0.0300. The zero-order valence-electron chi connectivity index (χ0n) is 15.1. The van der Waals surface area contributed by atoms with Crippen LogP contribution in [0.2, 0.25) is 0 Å². The molecule has 1 fully saturated rings. The molecular formula is C20H27NO5. The van der Waals surface area contributed by atoms with Crippen molar-refractivity contribution in [3.05, 3.63) is 47.2 Å². The van der Waals surface area contributed by atoms with E-state index in [1.165, 1.54) is 12.8 Å². The number of allylic oxidation sites excluding steroid dienone is 1. The molecule has 142 valence electrons. The summed E-state index contributed by atoms with van der Waals surface area (Å²) in [4.78, 5) is 12.3. The van der Waals surface area contributed by atoms with Crippen LogP contribution in [0, 0.1) is 11.8 Å². The van der Waals surface area contributed by atoms with Crippen molar-refractivity contribution >= 4 is 5.91 Å². The first kappa shape index (κ1) is 18.9. The normalized spacial score (nSPS) is 22.5. The second kappa shape index (κ2) is 9.16. The first-order valence-corrected chi connectivity index (χ1v) is 9.15. The summed E-state index contributed by atoms with van der Waals surface area (Å²) in [6, 6.07) is 7.62. The van der Waals surface area contributed by atoms with Crippen LogP contribution in [0.5, 0.6) is 0 Å². The Hall–Kier alpha value is -1.89. The summed E-state index contributed by atoms with van der Waals surface area (Å²) in [5.41, 5.74) is 1.88. The third-order valence-corrected chi connectivity index (χ3v) is 4.77. The predicted octanol–water partition coefficient (Wildman–Crippen LogP) is 2.11. The summed E-state index contributed by atoms with van der Waals surface area (Å²) in [6.07, 6.45) is 4.71. The Balaban J connectivity index is 1.57. The lowest BCUT2D eigenvalue weighted by Crippen LogP contribution is -2.35. The second-order valence-corrected chi connectivity index (χ2v) is 6.85. The highest BCUT2D eigenvalue weighted by atomic mass is 16.7. The topological polar surface area (TPSA) is 77.0 Å². The molecule has 0 spiro atoms. The molecule has 6 nitrogen and oxygen atoms in total. The molecule has 1 aromatic rings. The minimum Gasteiger partial charge on any atom is -0.459 e. The standard InChI is InChI=1S/C20H27NO5/c1-24-9-8-21-20(23)18-10-17(16-6-7-16)11-19(26-18)25-13-15-4-2-14(12-22)3-5-15/h2-5,10,16-17,19,22H,6-9,11-13H2,1H3,(H,21,23)/t17-,19+/m1/s1. The van der Waals surface area contributed by atoms with E-state index >= 15 is 0 Å². The van der Waals surface area contributed by atoms with E-state index in [-0.39, 0.29) is 12.5 Å². The molecule has 0 bridgehead atoms. The molecule has 1 amide bonds. The lowest BCUT2D eigenvalue weighted by molar-refractivity contribution is -0.154. The highest BCUT2D eigenvalue weighted by molar-refractivity contribution is 5.91. The maximum absolute atomic E-state index is 12.3. The van der Waals surface area contributed by atoms with Gasteiger partial charge in [-0.1, -0.05) is 24.3 Å². The number of benzene rings is 1. The fourth-order valence-corrected chi connectivity index (χ4v) is 3.08. The molecular weight excluding hydrogens is 334 g/mol. The van der Waals surface area contributed by atoms with Crippen LogP contribution < -0.4 is 5.32 Å². The first-order valence-electron chi connectivity index (χ1n) is 9.15. The molecule has 2 atom stereocenters. The third-order valence-electron chi connectivity index (χ3n) is 4.77. The molecule has 0 radical (unpaired) electrons. The zero-order chi connectivity index (χ0) is 18.4. The summed E-state index contributed by atoms with van der Waals surface area (Å²) in [5, 5.41) is 11.9. The van der Waals surface area contributed by atoms with Gasteiger partial charge in [0.25, 0.3) is 5.91 Å². The van der Waals surface area contributed by atoms with Crippen molar-refractivity contribution in [3.63, 3.8) is 0 Å². The molecule has 1 saturated carbocycles. The van der Waals surface area contributed by atoms with E-state index in [1.807, 2.05) is 30.3 Å². The Kier molecular flexibility index (Phi) is 6.66. The van der Waals surface area contributed by atoms with Crippen molar-refractivity contribution < 1.29 is 24.1 Å². The van der Waals surface area contributed by atoms with Gasteiger partial charge in [-0.15, -0.1) is 0 Å². The minimum atomic E-state index is -0.425. The number of amides is 1. The van der Waals surface area contributed by atoms with Crippen LogP contribution in [0.3, 0.4) is 0 Å². The molecule has 6 heteroatoms.